The van der Waals surface area contributed by atoms with E-state index in [0.717, 1.165) is 25.3 Å². The highest BCUT2D eigenvalue weighted by molar-refractivity contribution is 5.37. The Hall–Kier alpha value is -1.06. The van der Waals surface area contributed by atoms with Crippen molar-refractivity contribution in [2.75, 3.05) is 27.2 Å². The lowest BCUT2D eigenvalue weighted by molar-refractivity contribution is 0.209. The summed E-state index contributed by atoms with van der Waals surface area (Å²) in [6.07, 6.45) is 2.52. The largest absolute Gasteiger partial charge is 0.488 e. The minimum atomic E-state index is 0.282. The van der Waals surface area contributed by atoms with Crippen molar-refractivity contribution in [3.05, 3.63) is 29.8 Å². The van der Waals surface area contributed by atoms with Gasteiger partial charge >= 0.3 is 0 Å². The summed E-state index contributed by atoms with van der Waals surface area (Å²) in [6.45, 7) is 6.58. The zero-order valence-electron chi connectivity index (χ0n) is 13.2. The molecule has 0 radical (unpaired) electrons. The first-order chi connectivity index (χ1) is 9.54. The Morgan fingerprint density at radius 2 is 2.05 bits per heavy atom. The van der Waals surface area contributed by atoms with Gasteiger partial charge in [0, 0.05) is 25.6 Å². The van der Waals surface area contributed by atoms with Crippen LogP contribution >= 0.6 is 0 Å². The van der Waals surface area contributed by atoms with Gasteiger partial charge in [-0.05, 0) is 38.1 Å². The molecule has 1 aliphatic rings. The second-order valence-corrected chi connectivity index (χ2v) is 6.55. The van der Waals surface area contributed by atoms with Gasteiger partial charge in [-0.1, -0.05) is 32.0 Å². The van der Waals surface area contributed by atoms with Gasteiger partial charge in [0.2, 0.25) is 0 Å². The SMILES string of the molecule is CC(C)CC(CN(C)C)NCC1Cc2ccccc2O1. The first-order valence-corrected chi connectivity index (χ1v) is 7.67. The zero-order valence-corrected chi connectivity index (χ0v) is 13.2. The molecule has 2 atom stereocenters. The molecular weight excluding hydrogens is 248 g/mol. The van der Waals surface area contributed by atoms with E-state index in [0.29, 0.717) is 12.0 Å². The summed E-state index contributed by atoms with van der Waals surface area (Å²) in [6, 6.07) is 8.91. The normalized spacial score (nSPS) is 19.2. The van der Waals surface area contributed by atoms with Crippen LogP contribution < -0.4 is 10.1 Å². The van der Waals surface area contributed by atoms with E-state index in [1.807, 2.05) is 6.07 Å². The van der Waals surface area contributed by atoms with Crippen LogP contribution in [0.1, 0.15) is 25.8 Å². The third-order valence-corrected chi connectivity index (χ3v) is 3.69. The fourth-order valence-corrected chi connectivity index (χ4v) is 2.90. The molecule has 0 amide bonds. The molecule has 1 aromatic rings. The maximum Gasteiger partial charge on any atom is 0.123 e. The quantitative estimate of drug-likeness (QED) is 0.828. The second kappa shape index (κ2) is 7.09. The summed E-state index contributed by atoms with van der Waals surface area (Å²) in [7, 11) is 4.27. The molecule has 20 heavy (non-hydrogen) atoms. The van der Waals surface area contributed by atoms with Crippen molar-refractivity contribution in [2.45, 2.75) is 38.8 Å². The smallest absolute Gasteiger partial charge is 0.123 e. The molecule has 3 heteroatoms. The van der Waals surface area contributed by atoms with Crippen LogP contribution in [-0.2, 0) is 6.42 Å². The maximum atomic E-state index is 5.99. The topological polar surface area (TPSA) is 24.5 Å². The predicted octanol–water partition coefficient (Wildman–Crippen LogP) is 2.56. The molecular formula is C17H28N2O. The van der Waals surface area contributed by atoms with Gasteiger partial charge < -0.3 is 15.0 Å². The monoisotopic (exact) mass is 276 g/mol. The lowest BCUT2D eigenvalue weighted by atomic mass is 10.0. The lowest BCUT2D eigenvalue weighted by Crippen LogP contribution is -2.43. The van der Waals surface area contributed by atoms with Crippen molar-refractivity contribution < 1.29 is 4.74 Å². The molecule has 0 saturated carbocycles. The van der Waals surface area contributed by atoms with Gasteiger partial charge in [0.1, 0.15) is 11.9 Å². The van der Waals surface area contributed by atoms with Crippen LogP contribution in [-0.4, -0.2) is 44.2 Å². The van der Waals surface area contributed by atoms with Crippen LogP contribution in [0, 0.1) is 5.92 Å². The Balaban J connectivity index is 1.81. The van der Waals surface area contributed by atoms with E-state index in [4.69, 9.17) is 4.74 Å². The first-order valence-electron chi connectivity index (χ1n) is 7.67. The van der Waals surface area contributed by atoms with Gasteiger partial charge in [-0.25, -0.2) is 0 Å². The van der Waals surface area contributed by atoms with E-state index in [-0.39, 0.29) is 6.10 Å². The molecule has 1 heterocycles. The average Bonchev–Trinajstić information content (AvgIpc) is 2.77. The van der Waals surface area contributed by atoms with Gasteiger partial charge in [-0.3, -0.25) is 0 Å². The van der Waals surface area contributed by atoms with Crippen molar-refractivity contribution in [2.24, 2.45) is 5.92 Å². The van der Waals surface area contributed by atoms with E-state index in [2.05, 4.69) is 56.4 Å². The highest BCUT2D eigenvalue weighted by Crippen LogP contribution is 2.27. The molecule has 0 spiro atoms. The molecule has 1 aromatic carbocycles. The fourth-order valence-electron chi connectivity index (χ4n) is 2.90. The third-order valence-electron chi connectivity index (χ3n) is 3.69. The summed E-state index contributed by atoms with van der Waals surface area (Å²) >= 11 is 0. The number of nitrogens with one attached hydrogen (secondary N) is 1. The van der Waals surface area contributed by atoms with Gasteiger partial charge in [-0.15, -0.1) is 0 Å². The van der Waals surface area contributed by atoms with Gasteiger partial charge in [-0.2, -0.15) is 0 Å². The Kier molecular flexibility index (Phi) is 5.44. The van der Waals surface area contributed by atoms with E-state index in [1.54, 1.807) is 0 Å². The molecule has 0 fully saturated rings. The van der Waals surface area contributed by atoms with Crippen molar-refractivity contribution in [1.29, 1.82) is 0 Å². The number of hydrogen-bond acceptors (Lipinski definition) is 3. The van der Waals surface area contributed by atoms with Crippen molar-refractivity contribution in [1.82, 2.24) is 10.2 Å². The van der Waals surface area contributed by atoms with Gasteiger partial charge in [0.05, 0.1) is 0 Å². The summed E-state index contributed by atoms with van der Waals surface area (Å²) in [5, 5.41) is 3.69. The van der Waals surface area contributed by atoms with Crippen LogP contribution in [0.3, 0.4) is 0 Å². The number of ether oxygens (including phenoxy) is 1. The van der Waals surface area contributed by atoms with E-state index in [1.165, 1.54) is 12.0 Å². The predicted molar refractivity (Wildman–Crippen MR) is 84.4 cm³/mol. The van der Waals surface area contributed by atoms with Crippen LogP contribution in [0.4, 0.5) is 0 Å². The number of nitrogens with zero attached hydrogens (tertiary/aromatic N) is 1. The Morgan fingerprint density at radius 3 is 2.70 bits per heavy atom. The molecule has 1 aliphatic heterocycles. The van der Waals surface area contributed by atoms with Crippen molar-refractivity contribution in [3.63, 3.8) is 0 Å². The molecule has 2 rings (SSSR count). The van der Waals surface area contributed by atoms with Crippen molar-refractivity contribution in [3.8, 4) is 5.75 Å². The number of hydrogen-bond donors (Lipinski definition) is 1. The van der Waals surface area contributed by atoms with Crippen LogP contribution in [0.15, 0.2) is 24.3 Å². The molecule has 112 valence electrons. The van der Waals surface area contributed by atoms with E-state index >= 15 is 0 Å². The molecule has 0 saturated heterocycles. The van der Waals surface area contributed by atoms with Crippen molar-refractivity contribution >= 4 is 0 Å². The third kappa shape index (κ3) is 4.50. The maximum absolute atomic E-state index is 5.99. The minimum Gasteiger partial charge on any atom is -0.488 e. The molecule has 3 nitrogen and oxygen atoms in total. The number of rotatable bonds is 7. The lowest BCUT2D eigenvalue weighted by Gasteiger charge is -2.25. The fraction of sp³-hybridized carbons (Fsp3) is 0.647. The van der Waals surface area contributed by atoms with Crippen LogP contribution in [0.5, 0.6) is 5.75 Å². The second-order valence-electron chi connectivity index (χ2n) is 6.55. The number of benzene rings is 1. The molecule has 0 aliphatic carbocycles. The number of likely N-dealkylation sites (N-methyl/N-ethyl adjacent to an activating group) is 1. The number of para-hydroxylation sites is 1. The Labute approximate surface area is 123 Å². The summed E-state index contributed by atoms with van der Waals surface area (Å²) in [5.74, 6) is 1.78. The average molecular weight is 276 g/mol. The minimum absolute atomic E-state index is 0.282. The molecule has 0 bridgehead atoms. The van der Waals surface area contributed by atoms with Gasteiger partial charge in [0.25, 0.3) is 0 Å². The summed E-state index contributed by atoms with van der Waals surface area (Å²) in [4.78, 5) is 2.25. The first kappa shape index (κ1) is 15.3. The van der Waals surface area contributed by atoms with Crippen LogP contribution in [0.2, 0.25) is 0 Å². The standard InChI is InChI=1S/C17H28N2O/c1-13(2)9-15(12-19(3)4)18-11-16-10-14-7-5-6-8-17(14)20-16/h5-8,13,15-16,18H,9-12H2,1-4H3. The Morgan fingerprint density at radius 1 is 1.30 bits per heavy atom. The van der Waals surface area contributed by atoms with E-state index in [9.17, 15) is 0 Å². The summed E-state index contributed by atoms with van der Waals surface area (Å²) < 4.78 is 5.99. The van der Waals surface area contributed by atoms with Gasteiger partial charge in [0.15, 0.2) is 0 Å². The zero-order chi connectivity index (χ0) is 14.5. The molecule has 2 unspecified atom stereocenters. The highest BCUT2D eigenvalue weighted by Gasteiger charge is 2.23. The Bertz CT molecular complexity index is 382. The number of fused-ring (bicyclic) bond motifs is 1. The molecule has 0 aromatic heterocycles. The van der Waals surface area contributed by atoms with E-state index < -0.39 is 0 Å². The molecule has 1 N–H and O–H groups in total. The highest BCUT2D eigenvalue weighted by atomic mass is 16.5. The van der Waals surface area contributed by atoms with Crippen LogP contribution in [0.25, 0.3) is 0 Å². The summed E-state index contributed by atoms with van der Waals surface area (Å²) in [5.41, 5.74) is 1.34.